The molecule has 0 aliphatic rings. The number of benzene rings is 8. The van der Waals surface area contributed by atoms with E-state index in [1.54, 1.807) is 0 Å². The number of anilines is 6. The van der Waals surface area contributed by atoms with Crippen LogP contribution in [0.4, 0.5) is 34.1 Å². The molecule has 240 valence electrons. The molecular weight excluding hydrogens is 605 g/mol. The lowest BCUT2D eigenvalue weighted by molar-refractivity contribution is 1.27. The van der Waals surface area contributed by atoms with Gasteiger partial charge >= 0.3 is 0 Å². The van der Waals surface area contributed by atoms with Gasteiger partial charge in [-0.2, -0.15) is 0 Å². The summed E-state index contributed by atoms with van der Waals surface area (Å²) in [7, 11) is 0. The number of hydrogen-bond acceptors (Lipinski definition) is 2. The van der Waals surface area contributed by atoms with Gasteiger partial charge in [0.25, 0.3) is 0 Å². The van der Waals surface area contributed by atoms with Gasteiger partial charge in [-0.1, -0.05) is 132 Å². The number of para-hydroxylation sites is 2. The van der Waals surface area contributed by atoms with Crippen molar-refractivity contribution in [3.63, 3.8) is 0 Å². The predicted molar refractivity (Wildman–Crippen MR) is 214 cm³/mol. The first-order valence-electron chi connectivity index (χ1n) is 17.2. The molecule has 0 bridgehead atoms. The maximum atomic E-state index is 2.31. The standard InChI is InChI=1S/C48H38N2/c1-35-19-27-42(28-20-35)49(40-13-5-3-6-14-40)44-31-23-37(24-32-44)46-17-9-11-39-12-10-18-47(48(39)46)38-25-33-45(34-26-38)50(41-15-7-4-8-16-41)43-29-21-36(2)22-30-43/h3-34H,1-2H3. The van der Waals surface area contributed by atoms with Crippen LogP contribution in [0, 0.1) is 13.8 Å². The Kier molecular flexibility index (Phi) is 8.42. The SMILES string of the molecule is Cc1ccc(N(c2ccccc2)c2ccc(-c3cccc4cccc(-c5ccc(N(c6ccccc6)c6ccc(C)cc6)cc5)c34)cc2)cc1. The van der Waals surface area contributed by atoms with E-state index >= 15 is 0 Å². The fourth-order valence-electron chi connectivity index (χ4n) is 6.84. The summed E-state index contributed by atoms with van der Waals surface area (Å²) < 4.78 is 0. The molecule has 0 heterocycles. The minimum atomic E-state index is 1.12. The normalized spacial score (nSPS) is 11.0. The van der Waals surface area contributed by atoms with Crippen LogP contribution in [0.2, 0.25) is 0 Å². The highest BCUT2D eigenvalue weighted by atomic mass is 15.1. The average Bonchev–Trinajstić information content (AvgIpc) is 3.18. The zero-order valence-corrected chi connectivity index (χ0v) is 28.4. The molecule has 0 unspecified atom stereocenters. The summed E-state index contributed by atoms with van der Waals surface area (Å²) in [5.41, 5.74) is 14.1. The van der Waals surface area contributed by atoms with E-state index in [1.807, 2.05) is 0 Å². The van der Waals surface area contributed by atoms with Crippen molar-refractivity contribution in [1.29, 1.82) is 0 Å². The molecule has 8 aromatic rings. The quantitative estimate of drug-likeness (QED) is 0.163. The molecule has 50 heavy (non-hydrogen) atoms. The summed E-state index contributed by atoms with van der Waals surface area (Å²) >= 11 is 0. The number of hydrogen-bond donors (Lipinski definition) is 0. The largest absolute Gasteiger partial charge is 0.311 e. The highest BCUT2D eigenvalue weighted by molar-refractivity contribution is 6.06. The van der Waals surface area contributed by atoms with Crippen LogP contribution in [-0.2, 0) is 0 Å². The highest BCUT2D eigenvalue weighted by Gasteiger charge is 2.16. The van der Waals surface area contributed by atoms with Gasteiger partial charge in [-0.25, -0.2) is 0 Å². The minimum absolute atomic E-state index is 1.12. The van der Waals surface area contributed by atoms with Gasteiger partial charge in [0.05, 0.1) is 0 Å². The highest BCUT2D eigenvalue weighted by Crippen LogP contribution is 2.41. The number of nitrogens with zero attached hydrogens (tertiary/aromatic N) is 2. The van der Waals surface area contributed by atoms with Crippen LogP contribution in [0.1, 0.15) is 11.1 Å². The third-order valence-corrected chi connectivity index (χ3v) is 9.39. The van der Waals surface area contributed by atoms with Crippen molar-refractivity contribution in [3.8, 4) is 22.3 Å². The topological polar surface area (TPSA) is 6.48 Å². The maximum absolute atomic E-state index is 2.31. The van der Waals surface area contributed by atoms with Crippen molar-refractivity contribution in [1.82, 2.24) is 0 Å². The third-order valence-electron chi connectivity index (χ3n) is 9.39. The number of fused-ring (bicyclic) bond motifs is 1. The van der Waals surface area contributed by atoms with Crippen molar-refractivity contribution in [2.45, 2.75) is 13.8 Å². The summed E-state index contributed by atoms with van der Waals surface area (Å²) in [4.78, 5) is 4.63. The average molecular weight is 643 g/mol. The van der Waals surface area contributed by atoms with E-state index in [0.717, 1.165) is 34.1 Å². The lowest BCUT2D eigenvalue weighted by atomic mass is 9.91. The van der Waals surface area contributed by atoms with E-state index in [0.29, 0.717) is 0 Å². The Morgan fingerprint density at radius 1 is 0.280 bits per heavy atom. The zero-order chi connectivity index (χ0) is 33.9. The first kappa shape index (κ1) is 30.9. The molecule has 0 spiro atoms. The minimum Gasteiger partial charge on any atom is -0.311 e. The van der Waals surface area contributed by atoms with Gasteiger partial charge in [0.15, 0.2) is 0 Å². The van der Waals surface area contributed by atoms with E-state index in [4.69, 9.17) is 0 Å². The van der Waals surface area contributed by atoms with Crippen LogP contribution in [-0.4, -0.2) is 0 Å². The molecule has 0 saturated carbocycles. The van der Waals surface area contributed by atoms with Gasteiger partial charge in [0.1, 0.15) is 0 Å². The van der Waals surface area contributed by atoms with Crippen molar-refractivity contribution in [2.75, 3.05) is 9.80 Å². The van der Waals surface area contributed by atoms with E-state index < -0.39 is 0 Å². The van der Waals surface area contributed by atoms with Crippen LogP contribution < -0.4 is 9.80 Å². The molecule has 0 aromatic heterocycles. The van der Waals surface area contributed by atoms with Crippen molar-refractivity contribution < 1.29 is 0 Å². The van der Waals surface area contributed by atoms with E-state index in [-0.39, 0.29) is 0 Å². The van der Waals surface area contributed by atoms with Gasteiger partial charge in [0.2, 0.25) is 0 Å². The molecule has 0 fully saturated rings. The van der Waals surface area contributed by atoms with Crippen LogP contribution in [0.25, 0.3) is 33.0 Å². The molecular formula is C48H38N2. The van der Waals surface area contributed by atoms with Gasteiger partial charge in [-0.3, -0.25) is 0 Å². The molecule has 2 nitrogen and oxygen atoms in total. The van der Waals surface area contributed by atoms with Crippen LogP contribution in [0.3, 0.4) is 0 Å². The van der Waals surface area contributed by atoms with Crippen LogP contribution >= 0.6 is 0 Å². The lowest BCUT2D eigenvalue weighted by Gasteiger charge is -2.26. The second-order valence-electron chi connectivity index (χ2n) is 12.8. The number of rotatable bonds is 8. The lowest BCUT2D eigenvalue weighted by Crippen LogP contribution is -2.09. The molecule has 0 N–H and O–H groups in total. The summed E-state index contributed by atoms with van der Waals surface area (Å²) in [6, 6.07) is 69.9. The Hall–Kier alpha value is -6.38. The molecule has 2 heteroatoms. The summed E-state index contributed by atoms with van der Waals surface area (Å²) in [6.07, 6.45) is 0. The first-order valence-corrected chi connectivity index (χ1v) is 17.2. The molecule has 0 aliphatic heterocycles. The molecule has 8 aromatic carbocycles. The Morgan fingerprint density at radius 3 is 0.960 bits per heavy atom. The smallest absolute Gasteiger partial charge is 0.0462 e. The van der Waals surface area contributed by atoms with Crippen molar-refractivity contribution >= 4 is 44.9 Å². The van der Waals surface area contributed by atoms with Crippen molar-refractivity contribution in [2.24, 2.45) is 0 Å². The fraction of sp³-hybridized carbons (Fsp3) is 0.0417. The summed E-state index contributed by atoms with van der Waals surface area (Å²) in [6.45, 7) is 4.26. The van der Waals surface area contributed by atoms with E-state index in [9.17, 15) is 0 Å². The molecule has 0 amide bonds. The van der Waals surface area contributed by atoms with Gasteiger partial charge in [-0.05, 0) is 120 Å². The molecule has 0 aliphatic carbocycles. The molecule has 0 saturated heterocycles. The second kappa shape index (κ2) is 13.6. The van der Waals surface area contributed by atoms with Gasteiger partial charge in [0, 0.05) is 34.1 Å². The van der Waals surface area contributed by atoms with E-state index in [1.165, 1.54) is 44.2 Å². The Balaban J connectivity index is 1.18. The zero-order valence-electron chi connectivity index (χ0n) is 28.4. The molecule has 0 radical (unpaired) electrons. The summed E-state index contributed by atoms with van der Waals surface area (Å²) in [5, 5.41) is 2.48. The Morgan fingerprint density at radius 2 is 0.600 bits per heavy atom. The van der Waals surface area contributed by atoms with Crippen LogP contribution in [0.5, 0.6) is 0 Å². The third kappa shape index (κ3) is 6.16. The van der Waals surface area contributed by atoms with Gasteiger partial charge in [-0.15, -0.1) is 0 Å². The monoisotopic (exact) mass is 642 g/mol. The second-order valence-corrected chi connectivity index (χ2v) is 12.8. The van der Waals surface area contributed by atoms with Crippen LogP contribution in [0.15, 0.2) is 194 Å². The Bertz CT molecular complexity index is 2180. The number of aryl methyl sites for hydroxylation is 2. The van der Waals surface area contributed by atoms with Crippen molar-refractivity contribution in [3.05, 3.63) is 205 Å². The summed E-state index contributed by atoms with van der Waals surface area (Å²) in [5.74, 6) is 0. The van der Waals surface area contributed by atoms with E-state index in [2.05, 4.69) is 218 Å². The Labute approximate surface area is 295 Å². The molecule has 8 rings (SSSR count). The maximum Gasteiger partial charge on any atom is 0.0462 e. The molecule has 0 atom stereocenters. The fourth-order valence-corrected chi connectivity index (χ4v) is 6.84. The predicted octanol–water partition coefficient (Wildman–Crippen LogP) is 13.7. The van der Waals surface area contributed by atoms with Gasteiger partial charge < -0.3 is 9.80 Å². The first-order chi connectivity index (χ1) is 24.6.